The maximum absolute atomic E-state index is 12.8. The molecule has 0 aliphatic carbocycles. The van der Waals surface area contributed by atoms with Crippen molar-refractivity contribution in [1.82, 2.24) is 14.7 Å². The van der Waals surface area contributed by atoms with Crippen LogP contribution < -0.4 is 0 Å². The summed E-state index contributed by atoms with van der Waals surface area (Å²) >= 11 is 0. The van der Waals surface area contributed by atoms with Gasteiger partial charge in [-0.3, -0.25) is 19.2 Å². The highest BCUT2D eigenvalue weighted by molar-refractivity contribution is 5.80. The molecule has 3 rings (SSSR count). The van der Waals surface area contributed by atoms with Gasteiger partial charge >= 0.3 is 5.97 Å². The summed E-state index contributed by atoms with van der Waals surface area (Å²) in [5, 5.41) is 0. The molecule has 0 bridgehead atoms. The maximum atomic E-state index is 12.8. The largest absolute Gasteiger partial charge is 0.465 e. The lowest BCUT2D eigenvalue weighted by atomic mass is 9.75. The molecule has 3 fully saturated rings. The average Bonchev–Trinajstić information content (AvgIpc) is 3.16. The first-order valence-electron chi connectivity index (χ1n) is 10.9. The zero-order chi connectivity index (χ0) is 21.6. The molecule has 0 aromatic heterocycles. The summed E-state index contributed by atoms with van der Waals surface area (Å²) in [5.74, 6) is -0.140. The molecule has 9 nitrogen and oxygen atoms in total. The number of carbonyl (C=O) groups excluding carboxylic acids is 4. The summed E-state index contributed by atoms with van der Waals surface area (Å²) in [7, 11) is 0. The molecular formula is C21H33N3O6. The molecule has 0 aromatic rings. The second-order valence-corrected chi connectivity index (χ2v) is 8.57. The Bertz CT molecular complexity index is 653. The molecule has 0 radical (unpaired) electrons. The van der Waals surface area contributed by atoms with E-state index in [-0.39, 0.29) is 30.3 Å². The van der Waals surface area contributed by atoms with Gasteiger partial charge in [0.15, 0.2) is 0 Å². The quantitative estimate of drug-likeness (QED) is 0.551. The fourth-order valence-electron chi connectivity index (χ4n) is 4.43. The van der Waals surface area contributed by atoms with Gasteiger partial charge in [-0.15, -0.1) is 0 Å². The molecule has 3 saturated heterocycles. The van der Waals surface area contributed by atoms with Crippen LogP contribution in [0.15, 0.2) is 0 Å². The SMILES string of the molecule is CC(=O)OCC1(CC(=O)N2CCOCC2)CCN(C(=O)CCN2CCCC2=O)CC1. The standard InChI is InChI=1S/C21H33N3O6/c1-17(25)30-16-21(15-20(28)24-11-13-29-14-12-24)5-9-23(10-6-21)19(27)4-8-22-7-2-3-18(22)26/h2-16H2,1H3. The Morgan fingerprint density at radius 1 is 1.00 bits per heavy atom. The van der Waals surface area contributed by atoms with Gasteiger partial charge in [-0.05, 0) is 19.3 Å². The van der Waals surface area contributed by atoms with Crippen molar-refractivity contribution in [2.24, 2.45) is 5.41 Å². The normalized spacial score (nSPS) is 21.6. The second-order valence-electron chi connectivity index (χ2n) is 8.57. The van der Waals surface area contributed by atoms with E-state index in [0.29, 0.717) is 78.0 Å². The van der Waals surface area contributed by atoms with Crippen molar-refractivity contribution in [2.45, 2.75) is 45.4 Å². The van der Waals surface area contributed by atoms with Crippen molar-refractivity contribution in [1.29, 1.82) is 0 Å². The van der Waals surface area contributed by atoms with Crippen molar-refractivity contribution in [3.63, 3.8) is 0 Å². The minimum absolute atomic E-state index is 0.0373. The monoisotopic (exact) mass is 423 g/mol. The Morgan fingerprint density at radius 3 is 2.27 bits per heavy atom. The molecule has 3 aliphatic heterocycles. The lowest BCUT2D eigenvalue weighted by Crippen LogP contribution is -2.49. The zero-order valence-electron chi connectivity index (χ0n) is 17.9. The highest BCUT2D eigenvalue weighted by atomic mass is 16.5. The van der Waals surface area contributed by atoms with E-state index in [4.69, 9.17) is 9.47 Å². The molecule has 0 saturated carbocycles. The number of piperidine rings is 1. The third-order valence-electron chi connectivity index (χ3n) is 6.42. The Kier molecular flexibility index (Phi) is 7.69. The molecule has 9 heteroatoms. The van der Waals surface area contributed by atoms with E-state index in [9.17, 15) is 19.2 Å². The van der Waals surface area contributed by atoms with Crippen molar-refractivity contribution < 1.29 is 28.7 Å². The molecule has 30 heavy (non-hydrogen) atoms. The number of hydrogen-bond acceptors (Lipinski definition) is 6. The summed E-state index contributed by atoms with van der Waals surface area (Å²) in [6.07, 6.45) is 3.32. The summed E-state index contributed by atoms with van der Waals surface area (Å²) in [5.41, 5.74) is -0.442. The number of likely N-dealkylation sites (tertiary alicyclic amines) is 2. The van der Waals surface area contributed by atoms with E-state index in [1.165, 1.54) is 6.92 Å². The Labute approximate surface area is 177 Å². The fraction of sp³-hybridized carbons (Fsp3) is 0.810. The van der Waals surface area contributed by atoms with E-state index in [1.54, 1.807) is 4.90 Å². The van der Waals surface area contributed by atoms with Crippen molar-refractivity contribution in [3.05, 3.63) is 0 Å². The van der Waals surface area contributed by atoms with Crippen LogP contribution in [0, 0.1) is 5.41 Å². The summed E-state index contributed by atoms with van der Waals surface area (Å²) in [6, 6.07) is 0. The van der Waals surface area contributed by atoms with Gasteiger partial charge in [-0.2, -0.15) is 0 Å². The van der Waals surface area contributed by atoms with Crippen LogP contribution in [-0.2, 0) is 28.7 Å². The molecule has 3 amide bonds. The van der Waals surface area contributed by atoms with Crippen LogP contribution in [0.5, 0.6) is 0 Å². The molecule has 3 aliphatic rings. The highest BCUT2D eigenvalue weighted by Gasteiger charge is 2.40. The van der Waals surface area contributed by atoms with Crippen LogP contribution in [0.4, 0.5) is 0 Å². The molecular weight excluding hydrogens is 390 g/mol. The zero-order valence-corrected chi connectivity index (χ0v) is 17.9. The smallest absolute Gasteiger partial charge is 0.302 e. The maximum Gasteiger partial charge on any atom is 0.302 e. The molecule has 0 N–H and O–H groups in total. The van der Waals surface area contributed by atoms with E-state index in [0.717, 1.165) is 13.0 Å². The first-order chi connectivity index (χ1) is 14.4. The molecule has 0 atom stereocenters. The minimum Gasteiger partial charge on any atom is -0.465 e. The minimum atomic E-state index is -0.442. The van der Waals surface area contributed by atoms with Crippen LogP contribution in [0.25, 0.3) is 0 Å². The third-order valence-corrected chi connectivity index (χ3v) is 6.42. The number of rotatable bonds is 7. The summed E-state index contributed by atoms with van der Waals surface area (Å²) < 4.78 is 10.6. The average molecular weight is 424 g/mol. The number of amides is 3. The third kappa shape index (κ3) is 5.93. The number of morpholine rings is 1. The van der Waals surface area contributed by atoms with Gasteiger partial charge in [0.2, 0.25) is 17.7 Å². The van der Waals surface area contributed by atoms with Crippen molar-refractivity contribution >= 4 is 23.7 Å². The lowest BCUT2D eigenvalue weighted by Gasteiger charge is -2.42. The van der Waals surface area contributed by atoms with Crippen LogP contribution in [-0.4, -0.2) is 97.5 Å². The summed E-state index contributed by atoms with van der Waals surface area (Å²) in [4.78, 5) is 53.9. The van der Waals surface area contributed by atoms with Gasteiger partial charge in [-0.25, -0.2) is 0 Å². The van der Waals surface area contributed by atoms with E-state index >= 15 is 0 Å². The van der Waals surface area contributed by atoms with Crippen LogP contribution >= 0.6 is 0 Å². The van der Waals surface area contributed by atoms with E-state index in [1.807, 2.05) is 9.80 Å². The first-order valence-corrected chi connectivity index (χ1v) is 10.9. The Morgan fingerprint density at radius 2 is 1.67 bits per heavy atom. The van der Waals surface area contributed by atoms with Crippen LogP contribution in [0.1, 0.15) is 45.4 Å². The molecule has 0 unspecified atom stereocenters. The van der Waals surface area contributed by atoms with Gasteiger partial charge < -0.3 is 24.2 Å². The first kappa shape index (κ1) is 22.5. The van der Waals surface area contributed by atoms with Gasteiger partial charge in [0.05, 0.1) is 19.8 Å². The molecule has 0 spiro atoms. The molecule has 168 valence electrons. The lowest BCUT2D eigenvalue weighted by molar-refractivity contribution is -0.152. The number of ether oxygens (including phenoxy) is 2. The van der Waals surface area contributed by atoms with Gasteiger partial charge in [0.1, 0.15) is 0 Å². The number of carbonyl (C=O) groups is 4. The Balaban J connectivity index is 1.53. The van der Waals surface area contributed by atoms with E-state index in [2.05, 4.69) is 0 Å². The Hall–Kier alpha value is -2.16. The predicted octanol–water partition coefficient (Wildman–Crippen LogP) is 0.420. The van der Waals surface area contributed by atoms with Gasteiger partial charge in [-0.1, -0.05) is 0 Å². The van der Waals surface area contributed by atoms with Crippen LogP contribution in [0.3, 0.4) is 0 Å². The highest BCUT2D eigenvalue weighted by Crippen LogP contribution is 2.36. The van der Waals surface area contributed by atoms with Crippen molar-refractivity contribution in [3.8, 4) is 0 Å². The predicted molar refractivity (Wildman–Crippen MR) is 107 cm³/mol. The number of esters is 1. The number of hydrogen-bond donors (Lipinski definition) is 0. The second kappa shape index (κ2) is 10.2. The summed E-state index contributed by atoms with van der Waals surface area (Å²) in [6.45, 7) is 6.11. The van der Waals surface area contributed by atoms with Gasteiger partial charge in [0.25, 0.3) is 0 Å². The van der Waals surface area contributed by atoms with Gasteiger partial charge in [0, 0.05) is 70.9 Å². The number of nitrogens with zero attached hydrogens (tertiary/aromatic N) is 3. The topological polar surface area (TPSA) is 96.5 Å². The fourth-order valence-corrected chi connectivity index (χ4v) is 4.43. The van der Waals surface area contributed by atoms with E-state index < -0.39 is 5.41 Å². The molecule has 0 aromatic carbocycles. The van der Waals surface area contributed by atoms with Crippen LogP contribution in [0.2, 0.25) is 0 Å². The molecule has 3 heterocycles. The van der Waals surface area contributed by atoms with Crippen molar-refractivity contribution in [2.75, 3.05) is 59.1 Å².